The Morgan fingerprint density at radius 1 is 0.292 bits per heavy atom. The molecule has 0 spiro atoms. The molecule has 48 heavy (non-hydrogen) atoms. The average Bonchev–Trinajstić information content (AvgIpc) is 3.76. The topological polar surface area (TPSA) is 23.8 Å². The first-order valence-corrected chi connectivity index (χ1v) is 16.7. The molecule has 0 saturated carbocycles. The third kappa shape index (κ3) is 2.49. The maximum atomic E-state index is 9.64. The second kappa shape index (κ2) is 7.72. The summed E-state index contributed by atoms with van der Waals surface area (Å²) in [6.07, 6.45) is 0. The molecule has 12 aromatic rings. The zero-order valence-electron chi connectivity index (χ0n) is 25.6. The maximum absolute atomic E-state index is 9.64. The number of nitrogens with zero attached hydrogens (tertiary/aromatic N) is 1. The maximum Gasteiger partial charge on any atom is 0.0991 e. The van der Waals surface area contributed by atoms with Crippen molar-refractivity contribution < 1.29 is 0 Å². The Kier molecular flexibility index (Phi) is 3.83. The number of rotatable bonds is 0. The van der Waals surface area contributed by atoms with E-state index in [1.54, 1.807) is 0 Å². The van der Waals surface area contributed by atoms with Crippen molar-refractivity contribution in [1.82, 2.24) is 0 Å². The molecule has 0 saturated heterocycles. The number of hydrogen-bond acceptors (Lipinski definition) is 1. The van der Waals surface area contributed by atoms with E-state index >= 15 is 0 Å². The van der Waals surface area contributed by atoms with E-state index in [1.165, 1.54) is 130 Å². The number of benzene rings is 10. The van der Waals surface area contributed by atoms with Gasteiger partial charge in [0, 0.05) is 0 Å². The van der Waals surface area contributed by atoms with Crippen LogP contribution in [0, 0.1) is 11.3 Å². The first-order chi connectivity index (χ1) is 23.8. The second-order valence-electron chi connectivity index (χ2n) is 13.8. The lowest BCUT2D eigenvalue weighted by molar-refractivity contribution is 1.49. The summed E-state index contributed by atoms with van der Waals surface area (Å²) in [6, 6.07) is 50.2. The van der Waals surface area contributed by atoms with E-state index < -0.39 is 0 Å². The smallest absolute Gasteiger partial charge is 0.0991 e. The van der Waals surface area contributed by atoms with Crippen molar-refractivity contribution in [2.45, 2.75) is 0 Å². The van der Waals surface area contributed by atoms with E-state index in [0.29, 0.717) is 5.56 Å². The Hall–Kier alpha value is -6.49. The van der Waals surface area contributed by atoms with Crippen LogP contribution >= 0.6 is 0 Å². The molecule has 1 nitrogen and oxygen atoms in total. The number of hydrogen-bond donors (Lipinski definition) is 0. The van der Waals surface area contributed by atoms with Gasteiger partial charge in [0.15, 0.2) is 0 Å². The van der Waals surface area contributed by atoms with E-state index in [4.69, 9.17) is 0 Å². The molecule has 1 aliphatic carbocycles. The summed E-state index contributed by atoms with van der Waals surface area (Å²) >= 11 is 0. The van der Waals surface area contributed by atoms with Crippen molar-refractivity contribution in [3.63, 3.8) is 0 Å². The SMILES string of the molecule is N#Cc1ccc2c(c1)-c1ccc3c4ccc5c6cc7c(cc6c6ccc(c8ccc-2c1c83)c4c65)cc1c2ccccc2c2cccc7c21. The van der Waals surface area contributed by atoms with Crippen LogP contribution in [0.15, 0.2) is 127 Å². The Balaban J connectivity index is 1.18. The summed E-state index contributed by atoms with van der Waals surface area (Å²) in [5.74, 6) is 0. The molecule has 0 amide bonds. The molecule has 0 unspecified atom stereocenters. The van der Waals surface area contributed by atoms with Crippen LogP contribution < -0.4 is 0 Å². The Morgan fingerprint density at radius 2 is 0.771 bits per heavy atom. The molecule has 0 heterocycles. The lowest BCUT2D eigenvalue weighted by atomic mass is 9.87. The van der Waals surface area contributed by atoms with Crippen LogP contribution in [-0.2, 0) is 0 Å². The predicted molar refractivity (Wildman–Crippen MR) is 204 cm³/mol. The van der Waals surface area contributed by atoms with Crippen LogP contribution in [0.1, 0.15) is 5.56 Å². The summed E-state index contributed by atoms with van der Waals surface area (Å²) in [5, 5.41) is 36.3. The van der Waals surface area contributed by atoms with Crippen molar-refractivity contribution in [3.05, 3.63) is 133 Å². The van der Waals surface area contributed by atoms with Crippen LogP contribution in [0.4, 0.5) is 0 Å². The number of fused-ring (bicyclic) bond motifs is 13. The van der Waals surface area contributed by atoms with Gasteiger partial charge in [-0.05, 0) is 160 Å². The van der Waals surface area contributed by atoms with E-state index in [2.05, 4.69) is 127 Å². The summed E-state index contributed by atoms with van der Waals surface area (Å²) in [5.41, 5.74) is 5.60. The van der Waals surface area contributed by atoms with E-state index in [1.807, 2.05) is 6.07 Å². The van der Waals surface area contributed by atoms with E-state index in [0.717, 1.165) is 0 Å². The van der Waals surface area contributed by atoms with Gasteiger partial charge in [0.1, 0.15) is 0 Å². The summed E-state index contributed by atoms with van der Waals surface area (Å²) in [4.78, 5) is 0. The average molecular weight is 600 g/mol. The molecule has 13 rings (SSSR count). The van der Waals surface area contributed by atoms with E-state index in [-0.39, 0.29) is 0 Å². The molecular formula is C47H21N. The quantitative estimate of drug-likeness (QED) is 0.126. The van der Waals surface area contributed by atoms with Crippen LogP contribution in [0.25, 0.3) is 130 Å². The van der Waals surface area contributed by atoms with Gasteiger partial charge in [0.25, 0.3) is 0 Å². The second-order valence-corrected chi connectivity index (χ2v) is 13.8. The predicted octanol–water partition coefficient (Wildman–Crippen LogP) is 13.1. The largest absolute Gasteiger partial charge is 0.192 e. The third-order valence-corrected chi connectivity index (χ3v) is 11.8. The molecule has 214 valence electrons. The van der Waals surface area contributed by atoms with Gasteiger partial charge in [-0.1, -0.05) is 97.1 Å². The molecular weight excluding hydrogens is 579 g/mol. The monoisotopic (exact) mass is 599 g/mol. The van der Waals surface area contributed by atoms with Gasteiger partial charge >= 0.3 is 0 Å². The zero-order valence-corrected chi connectivity index (χ0v) is 25.6. The molecule has 0 N–H and O–H groups in total. The fraction of sp³-hybridized carbons (Fsp3) is 0. The third-order valence-electron chi connectivity index (χ3n) is 11.8. The highest BCUT2D eigenvalue weighted by molar-refractivity contribution is 6.44. The van der Waals surface area contributed by atoms with Gasteiger partial charge in [-0.25, -0.2) is 0 Å². The minimum absolute atomic E-state index is 0.707. The fourth-order valence-corrected chi connectivity index (χ4v) is 9.96. The lowest BCUT2D eigenvalue weighted by Gasteiger charge is -2.16. The highest BCUT2D eigenvalue weighted by Gasteiger charge is 2.26. The Morgan fingerprint density at radius 3 is 1.46 bits per heavy atom. The highest BCUT2D eigenvalue weighted by Crippen LogP contribution is 2.54. The summed E-state index contributed by atoms with van der Waals surface area (Å²) in [6.45, 7) is 0. The normalized spacial score (nSPS) is 13.0. The van der Waals surface area contributed by atoms with Crippen LogP contribution in [0.5, 0.6) is 0 Å². The highest BCUT2D eigenvalue weighted by atomic mass is 14.3. The van der Waals surface area contributed by atoms with Crippen molar-refractivity contribution in [2.24, 2.45) is 0 Å². The van der Waals surface area contributed by atoms with Gasteiger partial charge in [-0.2, -0.15) is 5.26 Å². The van der Waals surface area contributed by atoms with Crippen molar-refractivity contribution in [2.75, 3.05) is 0 Å². The van der Waals surface area contributed by atoms with Gasteiger partial charge in [-0.15, -0.1) is 0 Å². The number of nitriles is 1. The molecule has 1 aliphatic rings. The van der Waals surface area contributed by atoms with Crippen LogP contribution in [0.2, 0.25) is 0 Å². The van der Waals surface area contributed by atoms with Gasteiger partial charge in [0.2, 0.25) is 0 Å². The van der Waals surface area contributed by atoms with Gasteiger partial charge in [-0.3, -0.25) is 0 Å². The van der Waals surface area contributed by atoms with Crippen LogP contribution in [-0.4, -0.2) is 0 Å². The molecule has 0 fully saturated rings. The van der Waals surface area contributed by atoms with E-state index in [9.17, 15) is 5.26 Å². The first kappa shape index (κ1) is 23.8. The van der Waals surface area contributed by atoms with Gasteiger partial charge < -0.3 is 0 Å². The zero-order chi connectivity index (χ0) is 31.0. The minimum atomic E-state index is 0.707. The van der Waals surface area contributed by atoms with Crippen molar-refractivity contribution in [1.29, 1.82) is 5.26 Å². The Labute approximate surface area is 273 Å². The molecule has 12 aromatic carbocycles. The fourth-order valence-electron chi connectivity index (χ4n) is 9.96. The molecule has 0 aliphatic heterocycles. The summed E-state index contributed by atoms with van der Waals surface area (Å²) < 4.78 is 0. The van der Waals surface area contributed by atoms with Crippen LogP contribution in [0.3, 0.4) is 0 Å². The Bertz CT molecular complexity index is 3480. The van der Waals surface area contributed by atoms with Gasteiger partial charge in [0.05, 0.1) is 11.6 Å². The summed E-state index contributed by atoms with van der Waals surface area (Å²) in [7, 11) is 0. The molecule has 0 atom stereocenters. The minimum Gasteiger partial charge on any atom is -0.192 e. The molecule has 0 radical (unpaired) electrons. The standard InChI is InChI=1S/C47H21N/c48-22-23-8-9-27-30-10-11-31-33-13-16-36-40-19-24-20-42-26-5-2-1-4-25(26)28-6-3-7-29(43(28)42)38(24)21-41(40)37-17-14-34(46(33)47(36)37)32-12-15-35(39(27)18-23)44(30)45(31)32/h1-21H. The lowest BCUT2D eigenvalue weighted by Crippen LogP contribution is -1.87. The molecule has 0 aromatic heterocycles. The molecule has 0 bridgehead atoms. The first-order valence-electron chi connectivity index (χ1n) is 16.7. The van der Waals surface area contributed by atoms with Crippen molar-refractivity contribution >= 4 is 108 Å². The molecule has 1 heteroatoms. The van der Waals surface area contributed by atoms with Crippen molar-refractivity contribution in [3.8, 4) is 28.3 Å².